The highest BCUT2D eigenvalue weighted by Crippen LogP contribution is 2.51. The molecule has 0 aliphatic heterocycles. The van der Waals surface area contributed by atoms with E-state index in [0.29, 0.717) is 5.92 Å². The maximum atomic E-state index is 12.2. The average Bonchev–Trinajstić information content (AvgIpc) is 2.45. The predicted octanol–water partition coefficient (Wildman–Crippen LogP) is 4.00. The largest absolute Gasteiger partial charge is 0.396 e. The lowest BCUT2D eigenvalue weighted by Crippen LogP contribution is -2.12. The van der Waals surface area contributed by atoms with Gasteiger partial charge in [-0.2, -0.15) is 0 Å². The van der Waals surface area contributed by atoms with Gasteiger partial charge in [0.25, 0.3) is 5.52 Å². The lowest BCUT2D eigenvalue weighted by Gasteiger charge is -2.17. The molecule has 112 valence electrons. The summed E-state index contributed by atoms with van der Waals surface area (Å²) < 4.78 is 21.6. The quantitative estimate of drug-likeness (QED) is 0.714. The van der Waals surface area contributed by atoms with Gasteiger partial charge < -0.3 is 9.05 Å². The normalized spacial score (nSPS) is 13.5. The van der Waals surface area contributed by atoms with Crippen molar-refractivity contribution in [1.82, 2.24) is 0 Å². The highest BCUT2D eigenvalue weighted by atomic mass is 31.2. The van der Waals surface area contributed by atoms with Gasteiger partial charge in [0.05, 0.1) is 5.92 Å². The Morgan fingerprint density at radius 1 is 1.10 bits per heavy atom. The molecule has 0 saturated heterocycles. The lowest BCUT2D eigenvalue weighted by molar-refractivity contribution is -0.114. The second-order valence-electron chi connectivity index (χ2n) is 5.26. The van der Waals surface area contributed by atoms with Gasteiger partial charge in [-0.15, -0.1) is 0 Å². The van der Waals surface area contributed by atoms with Gasteiger partial charge >= 0.3 is 7.60 Å². The van der Waals surface area contributed by atoms with Crippen molar-refractivity contribution < 1.29 is 18.4 Å². The molecule has 5 heteroatoms. The van der Waals surface area contributed by atoms with Crippen LogP contribution in [0.15, 0.2) is 24.3 Å². The average molecular weight is 298 g/mol. The zero-order chi connectivity index (χ0) is 15.3. The molecule has 1 rings (SSSR count). The molecule has 1 unspecified atom stereocenters. The highest BCUT2D eigenvalue weighted by molar-refractivity contribution is 7.72. The van der Waals surface area contributed by atoms with E-state index < -0.39 is 19.0 Å². The van der Waals surface area contributed by atoms with Crippen molar-refractivity contribution in [2.75, 3.05) is 14.2 Å². The second-order valence-corrected chi connectivity index (χ2v) is 7.43. The molecule has 0 radical (unpaired) electrons. The van der Waals surface area contributed by atoms with Crippen molar-refractivity contribution >= 4 is 13.1 Å². The van der Waals surface area contributed by atoms with Gasteiger partial charge in [-0.05, 0) is 23.5 Å². The first kappa shape index (κ1) is 17.1. The molecule has 0 amide bonds. The van der Waals surface area contributed by atoms with E-state index in [4.69, 9.17) is 9.05 Å². The Balaban J connectivity index is 2.90. The van der Waals surface area contributed by atoms with Crippen molar-refractivity contribution in [2.24, 2.45) is 5.92 Å². The van der Waals surface area contributed by atoms with Gasteiger partial charge in [-0.25, -0.2) is 0 Å². The molecule has 0 fully saturated rings. The molecule has 0 aliphatic carbocycles. The maximum Gasteiger partial charge on any atom is 0.396 e. The van der Waals surface area contributed by atoms with Gasteiger partial charge in [0.15, 0.2) is 0 Å². The zero-order valence-corrected chi connectivity index (χ0v) is 13.6. The molecule has 0 N–H and O–H groups in total. The molecular weight excluding hydrogens is 275 g/mol. The molecule has 20 heavy (non-hydrogen) atoms. The summed E-state index contributed by atoms with van der Waals surface area (Å²) in [6.07, 6.45) is 0.997. The molecule has 0 bridgehead atoms. The summed E-state index contributed by atoms with van der Waals surface area (Å²) in [5, 5.41) is 0. The SMILES string of the molecule is COP(=O)(OC)C(=O)C(C)c1ccc(CC(C)C)cc1. The van der Waals surface area contributed by atoms with E-state index in [1.165, 1.54) is 19.8 Å². The van der Waals surface area contributed by atoms with Gasteiger partial charge in [-0.3, -0.25) is 9.36 Å². The van der Waals surface area contributed by atoms with Crippen molar-refractivity contribution in [3.05, 3.63) is 35.4 Å². The minimum Gasteiger partial charge on any atom is -0.307 e. The third-order valence-corrected chi connectivity index (χ3v) is 5.13. The van der Waals surface area contributed by atoms with E-state index in [1.54, 1.807) is 6.92 Å². The zero-order valence-electron chi connectivity index (χ0n) is 12.8. The molecule has 0 aliphatic rings. The van der Waals surface area contributed by atoms with E-state index in [2.05, 4.69) is 13.8 Å². The Hall–Kier alpha value is -0.960. The molecule has 1 aromatic carbocycles. The van der Waals surface area contributed by atoms with Crippen molar-refractivity contribution in [3.63, 3.8) is 0 Å². The summed E-state index contributed by atoms with van der Waals surface area (Å²) in [5.41, 5.74) is 1.53. The molecule has 1 atom stereocenters. The van der Waals surface area contributed by atoms with Crippen molar-refractivity contribution in [2.45, 2.75) is 33.1 Å². The molecular formula is C15H23O4P. The van der Waals surface area contributed by atoms with Crippen LogP contribution in [-0.4, -0.2) is 19.7 Å². The lowest BCUT2D eigenvalue weighted by atomic mass is 9.97. The topological polar surface area (TPSA) is 52.6 Å². The molecule has 0 spiro atoms. The molecule has 4 nitrogen and oxygen atoms in total. The summed E-state index contributed by atoms with van der Waals surface area (Å²) >= 11 is 0. The minimum absolute atomic E-state index is 0.515. The van der Waals surface area contributed by atoms with Crippen LogP contribution in [0.25, 0.3) is 0 Å². The van der Waals surface area contributed by atoms with Gasteiger partial charge in [0.1, 0.15) is 0 Å². The third-order valence-electron chi connectivity index (χ3n) is 3.24. The van der Waals surface area contributed by atoms with Crippen LogP contribution in [0.2, 0.25) is 0 Å². The number of hydrogen-bond acceptors (Lipinski definition) is 4. The first-order chi connectivity index (χ1) is 9.34. The number of hydrogen-bond donors (Lipinski definition) is 0. The fourth-order valence-electron chi connectivity index (χ4n) is 2.05. The smallest absolute Gasteiger partial charge is 0.307 e. The van der Waals surface area contributed by atoms with E-state index in [0.717, 1.165) is 12.0 Å². The van der Waals surface area contributed by atoms with Crippen molar-refractivity contribution in [3.8, 4) is 0 Å². The highest BCUT2D eigenvalue weighted by Gasteiger charge is 2.36. The van der Waals surface area contributed by atoms with E-state index >= 15 is 0 Å². The summed E-state index contributed by atoms with van der Waals surface area (Å²) in [4.78, 5) is 12.2. The number of carbonyl (C=O) groups is 1. The van der Waals surface area contributed by atoms with E-state index in [1.807, 2.05) is 24.3 Å². The first-order valence-electron chi connectivity index (χ1n) is 6.68. The first-order valence-corrected chi connectivity index (χ1v) is 8.23. The molecule has 0 aromatic heterocycles. The molecule has 0 heterocycles. The predicted molar refractivity (Wildman–Crippen MR) is 80.0 cm³/mol. The van der Waals surface area contributed by atoms with Crippen LogP contribution in [-0.2, 0) is 24.8 Å². The number of benzene rings is 1. The van der Waals surface area contributed by atoms with Crippen LogP contribution >= 0.6 is 7.60 Å². The Labute approximate surface area is 121 Å². The standard InChI is InChI=1S/C15H23O4P/c1-11(2)10-13-6-8-14(9-7-13)12(3)15(16)20(17,18-4)19-5/h6-9,11-12H,10H2,1-5H3. The monoisotopic (exact) mass is 298 g/mol. The van der Waals surface area contributed by atoms with Gasteiger partial charge in [0, 0.05) is 14.2 Å². The van der Waals surface area contributed by atoms with Crippen LogP contribution in [0.4, 0.5) is 0 Å². The van der Waals surface area contributed by atoms with Crippen LogP contribution in [0, 0.1) is 5.92 Å². The minimum atomic E-state index is -3.67. The fraction of sp³-hybridized carbons (Fsp3) is 0.533. The second kappa shape index (κ2) is 7.16. The summed E-state index contributed by atoms with van der Waals surface area (Å²) in [6, 6.07) is 7.80. The third kappa shape index (κ3) is 4.02. The summed E-state index contributed by atoms with van der Waals surface area (Å²) in [7, 11) is -1.22. The Morgan fingerprint density at radius 2 is 1.60 bits per heavy atom. The Morgan fingerprint density at radius 3 is 2.00 bits per heavy atom. The van der Waals surface area contributed by atoms with Crippen LogP contribution < -0.4 is 0 Å². The van der Waals surface area contributed by atoms with Crippen LogP contribution in [0.3, 0.4) is 0 Å². The van der Waals surface area contributed by atoms with E-state index in [-0.39, 0.29) is 0 Å². The number of carbonyl (C=O) groups excluding carboxylic acids is 1. The van der Waals surface area contributed by atoms with E-state index in [9.17, 15) is 9.36 Å². The van der Waals surface area contributed by atoms with Gasteiger partial charge in [0.2, 0.25) is 0 Å². The Bertz CT molecular complexity index is 485. The Kier molecular flexibility index (Phi) is 6.12. The maximum absolute atomic E-state index is 12.2. The molecule has 1 aromatic rings. The molecule has 0 saturated carbocycles. The van der Waals surface area contributed by atoms with Gasteiger partial charge in [-0.1, -0.05) is 45.0 Å². The van der Waals surface area contributed by atoms with Crippen LogP contribution in [0.5, 0.6) is 0 Å². The fourth-order valence-corrected chi connectivity index (χ4v) is 3.18. The summed E-state index contributed by atoms with van der Waals surface area (Å²) in [5.74, 6) is 0.0657. The van der Waals surface area contributed by atoms with Crippen LogP contribution in [0.1, 0.15) is 37.8 Å². The number of rotatable bonds is 7. The van der Waals surface area contributed by atoms with Crippen molar-refractivity contribution in [1.29, 1.82) is 0 Å². The summed E-state index contributed by atoms with van der Waals surface area (Å²) in [6.45, 7) is 6.03.